The second-order valence-corrected chi connectivity index (χ2v) is 17.8. The molecule has 3 heteroatoms. The Kier molecular flexibility index (Phi) is 12.3. The molecule has 34 heavy (non-hydrogen) atoms. The first-order chi connectivity index (χ1) is 16.6. The standard InChI is InChI=1S/2C13H15.C5H8.2ClH.Zr/c2*1-2-3-6-11-9-10-12-7-4-5-8-13(11)12;1-2-4-5-3-1;;;/h2*4-5,7-10H,2-3,6H2,1H3;1-4H2;2*1H;/q2*-1;;;;+2/p-2. The number of benzene rings is 2. The van der Waals surface area contributed by atoms with E-state index in [9.17, 15) is 0 Å². The molecule has 0 saturated heterocycles. The monoisotopic (exact) mass is 570 g/mol. The van der Waals surface area contributed by atoms with Crippen molar-refractivity contribution in [1.29, 1.82) is 0 Å². The van der Waals surface area contributed by atoms with Gasteiger partial charge in [-0.2, -0.15) is 11.1 Å². The molecule has 1 aliphatic rings. The van der Waals surface area contributed by atoms with Crippen molar-refractivity contribution in [3.8, 4) is 0 Å². The van der Waals surface area contributed by atoms with Crippen molar-refractivity contribution < 1.29 is 18.9 Å². The molecule has 0 aliphatic heterocycles. The van der Waals surface area contributed by atoms with Gasteiger partial charge in [0.15, 0.2) is 0 Å². The van der Waals surface area contributed by atoms with Crippen LogP contribution in [0.3, 0.4) is 0 Å². The van der Waals surface area contributed by atoms with Crippen LogP contribution in [-0.2, 0) is 31.7 Å². The van der Waals surface area contributed by atoms with Crippen molar-refractivity contribution >= 4 is 41.8 Å². The number of unbranched alkanes of at least 4 members (excludes halogenated alkanes) is 2. The van der Waals surface area contributed by atoms with Crippen molar-refractivity contribution in [2.24, 2.45) is 0 Å². The van der Waals surface area contributed by atoms with Gasteiger partial charge in [0.05, 0.1) is 0 Å². The molecule has 0 bridgehead atoms. The number of aryl methyl sites for hydroxylation is 2. The minimum absolute atomic E-state index is 1.23. The summed E-state index contributed by atoms with van der Waals surface area (Å²) in [5, 5.41) is 5.65. The number of halogens is 2. The summed E-state index contributed by atoms with van der Waals surface area (Å²) in [7, 11) is 11.6. The molecule has 0 spiro atoms. The fourth-order valence-corrected chi connectivity index (χ4v) is 8.63. The van der Waals surface area contributed by atoms with Crippen molar-refractivity contribution in [3.63, 3.8) is 0 Å². The molecule has 0 amide bonds. The van der Waals surface area contributed by atoms with Crippen LogP contribution in [0.25, 0.3) is 21.5 Å². The second-order valence-electron chi connectivity index (χ2n) is 9.17. The van der Waals surface area contributed by atoms with Crippen LogP contribution in [0.15, 0.2) is 72.8 Å². The van der Waals surface area contributed by atoms with Gasteiger partial charge >= 0.3 is 64.8 Å². The van der Waals surface area contributed by atoms with E-state index >= 15 is 0 Å². The molecule has 1 fully saturated rings. The van der Waals surface area contributed by atoms with E-state index in [2.05, 4.69) is 86.6 Å². The van der Waals surface area contributed by atoms with E-state index < -0.39 is 18.9 Å². The molecule has 0 nitrogen and oxygen atoms in total. The first kappa shape index (κ1) is 27.6. The zero-order valence-corrected chi connectivity index (χ0v) is 24.7. The van der Waals surface area contributed by atoms with E-state index in [1.165, 1.54) is 100 Å². The summed E-state index contributed by atoms with van der Waals surface area (Å²) in [4.78, 5) is 0. The Morgan fingerprint density at radius 2 is 1.15 bits per heavy atom. The fourth-order valence-electron chi connectivity index (χ4n) is 4.59. The summed E-state index contributed by atoms with van der Waals surface area (Å²) in [6, 6.07) is 26.2. The van der Waals surface area contributed by atoms with Gasteiger partial charge in [-0.15, -0.1) is 82.2 Å². The Hall–Kier alpha value is -1.01. The minimum atomic E-state index is -1.85. The quantitative estimate of drug-likeness (QED) is 0.202. The number of hydrogen-bond acceptors (Lipinski definition) is 0. The third kappa shape index (κ3) is 8.29. The molecule has 1 saturated carbocycles. The first-order valence-electron chi connectivity index (χ1n) is 12.9. The predicted octanol–water partition coefficient (Wildman–Crippen LogP) is 10.5. The van der Waals surface area contributed by atoms with Gasteiger partial charge in [0.1, 0.15) is 0 Å². The Morgan fingerprint density at radius 3 is 1.53 bits per heavy atom. The predicted molar refractivity (Wildman–Crippen MR) is 151 cm³/mol. The molecule has 0 atom stereocenters. The molecule has 0 aromatic heterocycles. The summed E-state index contributed by atoms with van der Waals surface area (Å²) >= 11 is -1.85. The molecule has 4 aromatic rings. The normalized spacial score (nSPS) is 12.9. The van der Waals surface area contributed by atoms with E-state index in [4.69, 9.17) is 17.0 Å². The molecule has 0 radical (unpaired) electrons. The van der Waals surface area contributed by atoms with Gasteiger partial charge in [-0.25, -0.2) is 0 Å². The molecule has 0 N–H and O–H groups in total. The SMILES string of the molecule is CCCCc1c[cH-]c2ccccc12.CCCCc1c[cH-]c2ccccc12.[Cl][Zr]([Cl])=[C]1CCCC1. The van der Waals surface area contributed by atoms with E-state index in [0.717, 1.165) is 0 Å². The summed E-state index contributed by atoms with van der Waals surface area (Å²) in [5.74, 6) is 0. The molecular formula is C31H38Cl2Zr-2. The Labute approximate surface area is 221 Å². The van der Waals surface area contributed by atoms with E-state index in [0.29, 0.717) is 0 Å². The van der Waals surface area contributed by atoms with Crippen LogP contribution in [0, 0.1) is 0 Å². The van der Waals surface area contributed by atoms with Crippen LogP contribution in [0.5, 0.6) is 0 Å². The van der Waals surface area contributed by atoms with Crippen LogP contribution in [0.4, 0.5) is 0 Å². The van der Waals surface area contributed by atoms with Gasteiger partial charge in [0, 0.05) is 0 Å². The second kappa shape index (κ2) is 15.2. The summed E-state index contributed by atoms with van der Waals surface area (Å²) < 4.78 is 1.52. The van der Waals surface area contributed by atoms with Gasteiger partial charge in [0.2, 0.25) is 0 Å². The maximum absolute atomic E-state index is 5.81. The third-order valence-electron chi connectivity index (χ3n) is 6.62. The average molecular weight is 573 g/mol. The molecule has 4 aromatic carbocycles. The van der Waals surface area contributed by atoms with Gasteiger partial charge < -0.3 is 0 Å². The molecule has 182 valence electrons. The van der Waals surface area contributed by atoms with Crippen LogP contribution < -0.4 is 0 Å². The van der Waals surface area contributed by atoms with Gasteiger partial charge in [-0.05, 0) is 0 Å². The average Bonchev–Trinajstić information content (AvgIpc) is 3.63. The topological polar surface area (TPSA) is 0 Å². The molecular weight excluding hydrogens is 534 g/mol. The number of hydrogen-bond donors (Lipinski definition) is 0. The zero-order valence-electron chi connectivity index (χ0n) is 20.8. The number of rotatable bonds is 6. The maximum atomic E-state index is 5.81. The van der Waals surface area contributed by atoms with Crippen molar-refractivity contribution in [2.45, 2.75) is 78.1 Å². The molecule has 5 rings (SSSR count). The Bertz CT molecular complexity index is 1070. The van der Waals surface area contributed by atoms with Crippen molar-refractivity contribution in [1.82, 2.24) is 0 Å². The molecule has 0 heterocycles. The molecule has 0 unspecified atom stereocenters. The van der Waals surface area contributed by atoms with E-state index in [-0.39, 0.29) is 0 Å². The van der Waals surface area contributed by atoms with E-state index in [1.54, 1.807) is 0 Å². The van der Waals surface area contributed by atoms with Crippen LogP contribution in [0.2, 0.25) is 0 Å². The summed E-state index contributed by atoms with van der Waals surface area (Å²) in [6.45, 7) is 4.48. The Morgan fingerprint density at radius 1 is 0.706 bits per heavy atom. The molecule has 1 aliphatic carbocycles. The third-order valence-corrected chi connectivity index (χ3v) is 12.3. The first-order valence-corrected chi connectivity index (χ1v) is 20.5. The Balaban J connectivity index is 0.000000148. The van der Waals surface area contributed by atoms with Crippen molar-refractivity contribution in [3.05, 3.63) is 83.9 Å². The van der Waals surface area contributed by atoms with Gasteiger partial charge in [0.25, 0.3) is 0 Å². The fraction of sp³-hybridized carbons (Fsp3) is 0.387. The zero-order chi connectivity index (χ0) is 24.2. The van der Waals surface area contributed by atoms with E-state index in [1.807, 2.05) is 0 Å². The number of fused-ring (bicyclic) bond motifs is 2. The van der Waals surface area contributed by atoms with Crippen LogP contribution in [-0.4, -0.2) is 3.21 Å². The summed E-state index contributed by atoms with van der Waals surface area (Å²) in [6.07, 6.45) is 12.7. The van der Waals surface area contributed by atoms with Crippen LogP contribution in [0.1, 0.15) is 76.3 Å². The summed E-state index contributed by atoms with van der Waals surface area (Å²) in [5.41, 5.74) is 3.02. The van der Waals surface area contributed by atoms with Crippen molar-refractivity contribution in [2.75, 3.05) is 0 Å². The van der Waals surface area contributed by atoms with Gasteiger partial charge in [-0.1, -0.05) is 64.5 Å². The van der Waals surface area contributed by atoms with Crippen LogP contribution >= 0.6 is 17.0 Å². The van der Waals surface area contributed by atoms with Gasteiger partial charge in [-0.3, -0.25) is 0 Å².